The van der Waals surface area contributed by atoms with Crippen molar-refractivity contribution in [1.82, 2.24) is 5.32 Å². The molecule has 142 valence electrons. The Kier molecular flexibility index (Phi) is 5.55. The number of ether oxygens (including phenoxy) is 2. The molecule has 1 fully saturated rings. The fourth-order valence-corrected chi connectivity index (χ4v) is 4.21. The molecule has 1 heterocycles. The lowest BCUT2D eigenvalue weighted by Gasteiger charge is -2.17. The normalized spacial score (nSPS) is 18.3. The molecule has 1 N–H and O–H groups in total. The van der Waals surface area contributed by atoms with Crippen LogP contribution in [0.1, 0.15) is 48.8 Å². The van der Waals surface area contributed by atoms with Gasteiger partial charge < -0.3 is 14.8 Å². The predicted octanol–water partition coefficient (Wildman–Crippen LogP) is 4.02. The summed E-state index contributed by atoms with van der Waals surface area (Å²) in [6.45, 7) is 4.18. The van der Waals surface area contributed by atoms with Crippen LogP contribution in [0.2, 0.25) is 0 Å². The number of hydrogen-bond acceptors (Lipinski definition) is 3. The van der Waals surface area contributed by atoms with E-state index < -0.39 is 0 Å². The topological polar surface area (TPSA) is 47.6 Å². The number of amides is 1. The van der Waals surface area contributed by atoms with Crippen molar-refractivity contribution >= 4 is 5.91 Å². The summed E-state index contributed by atoms with van der Waals surface area (Å²) >= 11 is 0. The fraction of sp³-hybridized carbons (Fsp3) is 0.435. The zero-order valence-corrected chi connectivity index (χ0v) is 15.9. The summed E-state index contributed by atoms with van der Waals surface area (Å²) in [6, 6.07) is 14.7. The highest BCUT2D eigenvalue weighted by Gasteiger charge is 2.35. The molecule has 0 spiro atoms. The Hall–Kier alpha value is -2.17. The van der Waals surface area contributed by atoms with Gasteiger partial charge in [-0.25, -0.2) is 0 Å². The molecule has 1 aliphatic carbocycles. The number of rotatable bonds is 7. The van der Waals surface area contributed by atoms with Gasteiger partial charge in [0.15, 0.2) is 6.29 Å². The lowest BCUT2D eigenvalue weighted by molar-refractivity contribution is -0.121. The first-order valence-corrected chi connectivity index (χ1v) is 10.0. The molecule has 4 rings (SSSR count). The molecule has 0 saturated carbocycles. The molecule has 1 amide bonds. The minimum absolute atomic E-state index is 0.0670. The van der Waals surface area contributed by atoms with Crippen molar-refractivity contribution in [2.75, 3.05) is 19.8 Å². The molecule has 4 heteroatoms. The quantitative estimate of drug-likeness (QED) is 0.806. The summed E-state index contributed by atoms with van der Waals surface area (Å²) in [7, 11) is 0. The van der Waals surface area contributed by atoms with Crippen LogP contribution in [0.15, 0.2) is 42.5 Å². The lowest BCUT2D eigenvalue weighted by atomic mass is 9.90. The van der Waals surface area contributed by atoms with Gasteiger partial charge in [0, 0.05) is 6.54 Å². The second-order valence-electron chi connectivity index (χ2n) is 7.25. The van der Waals surface area contributed by atoms with Gasteiger partial charge in [0.05, 0.1) is 19.1 Å². The zero-order chi connectivity index (χ0) is 18.6. The molecule has 2 aromatic rings. The predicted molar refractivity (Wildman–Crippen MR) is 106 cm³/mol. The standard InChI is InChI=1S/C23H27NO3/c1-2-13-24-23(25)22-19-10-4-3-9-17(19)18-11-5-7-16(21(18)22)8-6-12-20-26-14-15-27-20/h3-5,7,9-11,20,22H,2,6,8,12-15H2,1H3,(H,24,25). The number of hydrogen-bond donors (Lipinski definition) is 1. The highest BCUT2D eigenvalue weighted by molar-refractivity contribution is 5.96. The molecule has 0 aromatic heterocycles. The van der Waals surface area contributed by atoms with E-state index in [0.717, 1.165) is 31.2 Å². The van der Waals surface area contributed by atoms with Crippen LogP contribution in [0.25, 0.3) is 11.1 Å². The van der Waals surface area contributed by atoms with Crippen molar-refractivity contribution < 1.29 is 14.3 Å². The average Bonchev–Trinajstić information content (AvgIpc) is 3.32. The second kappa shape index (κ2) is 8.24. The molecule has 1 unspecified atom stereocenters. The lowest BCUT2D eigenvalue weighted by Crippen LogP contribution is -2.30. The fourth-order valence-electron chi connectivity index (χ4n) is 4.21. The van der Waals surface area contributed by atoms with E-state index in [9.17, 15) is 4.79 Å². The third kappa shape index (κ3) is 3.64. The first-order valence-electron chi connectivity index (χ1n) is 10.0. The van der Waals surface area contributed by atoms with Crippen molar-refractivity contribution in [3.8, 4) is 11.1 Å². The maximum absolute atomic E-state index is 13.0. The minimum atomic E-state index is -0.210. The van der Waals surface area contributed by atoms with Crippen LogP contribution in [-0.2, 0) is 20.7 Å². The molecule has 0 bridgehead atoms. The first-order chi connectivity index (χ1) is 13.3. The number of fused-ring (bicyclic) bond motifs is 3. The van der Waals surface area contributed by atoms with E-state index in [1.54, 1.807) is 0 Å². The van der Waals surface area contributed by atoms with Crippen molar-refractivity contribution in [3.63, 3.8) is 0 Å². The molecule has 1 saturated heterocycles. The van der Waals surface area contributed by atoms with Gasteiger partial charge in [0.1, 0.15) is 0 Å². The zero-order valence-electron chi connectivity index (χ0n) is 15.9. The number of carbonyl (C=O) groups is 1. The molecule has 1 aliphatic heterocycles. The molecule has 1 atom stereocenters. The summed E-state index contributed by atoms with van der Waals surface area (Å²) in [5.41, 5.74) is 5.96. The van der Waals surface area contributed by atoms with Gasteiger partial charge in [-0.05, 0) is 53.5 Å². The Morgan fingerprint density at radius 1 is 1.07 bits per heavy atom. The van der Waals surface area contributed by atoms with Crippen LogP contribution in [0, 0.1) is 0 Å². The van der Waals surface area contributed by atoms with Crippen molar-refractivity contribution in [2.45, 2.75) is 44.8 Å². The van der Waals surface area contributed by atoms with E-state index in [4.69, 9.17) is 9.47 Å². The van der Waals surface area contributed by atoms with E-state index in [2.05, 4.69) is 48.6 Å². The highest BCUT2D eigenvalue weighted by Crippen LogP contribution is 2.46. The van der Waals surface area contributed by atoms with Gasteiger partial charge in [-0.15, -0.1) is 0 Å². The Balaban J connectivity index is 1.61. The molecule has 4 nitrogen and oxygen atoms in total. The van der Waals surface area contributed by atoms with E-state index in [0.29, 0.717) is 19.8 Å². The molecule has 2 aliphatic rings. The Morgan fingerprint density at radius 3 is 2.67 bits per heavy atom. The molecule has 0 radical (unpaired) electrons. The van der Waals surface area contributed by atoms with Crippen LogP contribution < -0.4 is 5.32 Å². The minimum Gasteiger partial charge on any atom is -0.355 e. The number of carbonyl (C=O) groups excluding carboxylic acids is 1. The SMILES string of the molecule is CCCNC(=O)C1c2ccccc2-c2cccc(CCCC3OCCO3)c21. The number of benzene rings is 2. The Labute approximate surface area is 160 Å². The van der Waals surface area contributed by atoms with Crippen molar-refractivity contribution in [1.29, 1.82) is 0 Å². The summed E-state index contributed by atoms with van der Waals surface area (Å²) < 4.78 is 11.1. The van der Waals surface area contributed by atoms with Gasteiger partial charge in [0.25, 0.3) is 0 Å². The smallest absolute Gasteiger partial charge is 0.232 e. The Morgan fingerprint density at radius 2 is 1.85 bits per heavy atom. The maximum atomic E-state index is 13.0. The van der Waals surface area contributed by atoms with Gasteiger partial charge in [-0.2, -0.15) is 0 Å². The van der Waals surface area contributed by atoms with Crippen LogP contribution in [-0.4, -0.2) is 32.0 Å². The summed E-state index contributed by atoms with van der Waals surface area (Å²) in [4.78, 5) is 13.0. The summed E-state index contributed by atoms with van der Waals surface area (Å²) in [5, 5.41) is 3.11. The molecule has 2 aromatic carbocycles. The van der Waals surface area contributed by atoms with E-state index in [1.807, 2.05) is 6.07 Å². The molecular weight excluding hydrogens is 338 g/mol. The van der Waals surface area contributed by atoms with Crippen LogP contribution >= 0.6 is 0 Å². The van der Waals surface area contributed by atoms with Crippen LogP contribution in [0.5, 0.6) is 0 Å². The molecule has 27 heavy (non-hydrogen) atoms. The van der Waals surface area contributed by atoms with Crippen LogP contribution in [0.3, 0.4) is 0 Å². The number of aryl methyl sites for hydroxylation is 1. The maximum Gasteiger partial charge on any atom is 0.232 e. The van der Waals surface area contributed by atoms with Gasteiger partial charge >= 0.3 is 0 Å². The third-order valence-electron chi connectivity index (χ3n) is 5.44. The molecular formula is C23H27NO3. The van der Waals surface area contributed by atoms with Gasteiger partial charge in [0.2, 0.25) is 5.91 Å². The largest absolute Gasteiger partial charge is 0.355 e. The van der Waals surface area contributed by atoms with E-state index in [1.165, 1.54) is 22.3 Å². The summed E-state index contributed by atoms with van der Waals surface area (Å²) in [5.74, 6) is -0.101. The van der Waals surface area contributed by atoms with Gasteiger partial charge in [-0.3, -0.25) is 4.79 Å². The third-order valence-corrected chi connectivity index (χ3v) is 5.44. The van der Waals surface area contributed by atoms with Gasteiger partial charge in [-0.1, -0.05) is 49.4 Å². The highest BCUT2D eigenvalue weighted by atomic mass is 16.7. The van der Waals surface area contributed by atoms with Crippen molar-refractivity contribution in [2.24, 2.45) is 0 Å². The van der Waals surface area contributed by atoms with Crippen LogP contribution in [0.4, 0.5) is 0 Å². The number of nitrogens with one attached hydrogen (secondary N) is 1. The van der Waals surface area contributed by atoms with Crippen molar-refractivity contribution in [3.05, 3.63) is 59.2 Å². The van der Waals surface area contributed by atoms with E-state index in [-0.39, 0.29) is 18.1 Å². The second-order valence-corrected chi connectivity index (χ2v) is 7.25. The Bertz CT molecular complexity index is 811. The summed E-state index contributed by atoms with van der Waals surface area (Å²) in [6.07, 6.45) is 3.68. The first kappa shape index (κ1) is 18.2. The monoisotopic (exact) mass is 365 g/mol. The van der Waals surface area contributed by atoms with E-state index >= 15 is 0 Å². The average molecular weight is 365 g/mol.